The van der Waals surface area contributed by atoms with Crippen LogP contribution >= 0.6 is 15.9 Å². The average molecular weight is 302 g/mol. The molecule has 0 saturated carbocycles. The molecule has 2 atom stereocenters. The van der Waals surface area contributed by atoms with E-state index < -0.39 is 10.8 Å². The quantitative estimate of drug-likeness (QED) is 0.910. The summed E-state index contributed by atoms with van der Waals surface area (Å²) in [7, 11) is -0.849. The van der Waals surface area contributed by atoms with Crippen molar-refractivity contribution >= 4 is 26.7 Å². The van der Waals surface area contributed by atoms with Crippen molar-refractivity contribution in [2.45, 2.75) is 37.2 Å². The van der Waals surface area contributed by atoms with Crippen LogP contribution in [0.1, 0.15) is 31.9 Å². The van der Waals surface area contributed by atoms with Crippen LogP contribution in [0.15, 0.2) is 27.6 Å². The van der Waals surface area contributed by atoms with E-state index in [0.29, 0.717) is 12.1 Å². The second-order valence-electron chi connectivity index (χ2n) is 4.37. The van der Waals surface area contributed by atoms with Gasteiger partial charge in [0.15, 0.2) is 0 Å². The summed E-state index contributed by atoms with van der Waals surface area (Å²) in [6.07, 6.45) is 0.953. The first kappa shape index (κ1) is 12.3. The SMILES string of the molecule is CC(C)NC1CCS(=O)c2c(Br)cccc21. The largest absolute Gasteiger partial charge is 0.308 e. The third kappa shape index (κ3) is 2.39. The first-order valence-electron chi connectivity index (χ1n) is 5.52. The maximum absolute atomic E-state index is 12.0. The number of hydrogen-bond acceptors (Lipinski definition) is 2. The minimum absolute atomic E-state index is 0.338. The van der Waals surface area contributed by atoms with Crippen molar-refractivity contribution < 1.29 is 4.21 Å². The molecule has 0 saturated heterocycles. The van der Waals surface area contributed by atoms with E-state index in [1.165, 1.54) is 5.56 Å². The van der Waals surface area contributed by atoms with E-state index in [9.17, 15) is 4.21 Å². The van der Waals surface area contributed by atoms with Crippen LogP contribution in [0.4, 0.5) is 0 Å². The summed E-state index contributed by atoms with van der Waals surface area (Å²) in [5.74, 6) is 0.750. The van der Waals surface area contributed by atoms with Crippen LogP contribution in [0, 0.1) is 0 Å². The highest BCUT2D eigenvalue weighted by Crippen LogP contribution is 2.34. The van der Waals surface area contributed by atoms with E-state index in [-0.39, 0.29) is 0 Å². The highest BCUT2D eigenvalue weighted by molar-refractivity contribution is 9.10. The van der Waals surface area contributed by atoms with Crippen LogP contribution in [-0.2, 0) is 10.8 Å². The van der Waals surface area contributed by atoms with Crippen molar-refractivity contribution in [3.05, 3.63) is 28.2 Å². The highest BCUT2D eigenvalue weighted by Gasteiger charge is 2.26. The Balaban J connectivity index is 2.40. The topological polar surface area (TPSA) is 29.1 Å². The molecule has 2 unspecified atom stereocenters. The molecule has 0 spiro atoms. The Morgan fingerprint density at radius 1 is 1.50 bits per heavy atom. The van der Waals surface area contributed by atoms with E-state index in [0.717, 1.165) is 21.5 Å². The molecule has 0 bridgehead atoms. The molecule has 1 aromatic carbocycles. The highest BCUT2D eigenvalue weighted by atomic mass is 79.9. The summed E-state index contributed by atoms with van der Waals surface area (Å²) in [5.41, 5.74) is 1.19. The third-order valence-electron chi connectivity index (χ3n) is 2.73. The normalized spacial score (nSPS) is 24.5. The molecule has 0 aromatic heterocycles. The summed E-state index contributed by atoms with van der Waals surface area (Å²) in [6.45, 7) is 4.28. The number of hydrogen-bond donors (Lipinski definition) is 1. The lowest BCUT2D eigenvalue weighted by Gasteiger charge is -2.28. The fourth-order valence-corrected chi connectivity index (χ4v) is 4.43. The zero-order valence-corrected chi connectivity index (χ0v) is 11.9. The van der Waals surface area contributed by atoms with Gasteiger partial charge in [0.1, 0.15) is 0 Å². The Morgan fingerprint density at radius 3 is 2.94 bits per heavy atom. The lowest BCUT2D eigenvalue weighted by atomic mass is 10.0. The van der Waals surface area contributed by atoms with Crippen LogP contribution in [-0.4, -0.2) is 16.0 Å². The molecule has 2 nitrogen and oxygen atoms in total. The fraction of sp³-hybridized carbons (Fsp3) is 0.500. The van der Waals surface area contributed by atoms with Crippen LogP contribution < -0.4 is 5.32 Å². The minimum Gasteiger partial charge on any atom is -0.308 e. The summed E-state index contributed by atoms with van der Waals surface area (Å²) in [4.78, 5) is 0.979. The van der Waals surface area contributed by atoms with Gasteiger partial charge in [0.05, 0.1) is 15.7 Å². The first-order valence-corrected chi connectivity index (χ1v) is 7.63. The molecular formula is C12H16BrNOS. The van der Waals surface area contributed by atoms with Gasteiger partial charge in [-0.3, -0.25) is 4.21 Å². The monoisotopic (exact) mass is 301 g/mol. The summed E-state index contributed by atoms with van der Waals surface area (Å²) < 4.78 is 13.0. The molecule has 4 heteroatoms. The molecule has 1 aliphatic heterocycles. The van der Waals surface area contributed by atoms with Crippen LogP contribution in [0.5, 0.6) is 0 Å². The van der Waals surface area contributed by atoms with E-state index in [1.54, 1.807) is 0 Å². The maximum atomic E-state index is 12.0. The molecule has 2 rings (SSSR count). The van der Waals surface area contributed by atoms with Gasteiger partial charge in [0.2, 0.25) is 0 Å². The van der Waals surface area contributed by atoms with Gasteiger partial charge in [-0.25, -0.2) is 0 Å². The summed E-state index contributed by atoms with van der Waals surface area (Å²) in [5, 5.41) is 3.53. The fourth-order valence-electron chi connectivity index (χ4n) is 2.10. The first-order chi connectivity index (χ1) is 7.59. The maximum Gasteiger partial charge on any atom is 0.0577 e. The van der Waals surface area contributed by atoms with Crippen molar-refractivity contribution in [1.82, 2.24) is 5.32 Å². The van der Waals surface area contributed by atoms with Gasteiger partial charge in [0.25, 0.3) is 0 Å². The summed E-state index contributed by atoms with van der Waals surface area (Å²) >= 11 is 3.50. The Kier molecular flexibility index (Phi) is 3.82. The molecule has 1 aliphatic rings. The second kappa shape index (κ2) is 4.98. The third-order valence-corrected chi connectivity index (χ3v) is 5.17. The molecule has 0 radical (unpaired) electrons. The lowest BCUT2D eigenvalue weighted by Crippen LogP contribution is -2.32. The van der Waals surface area contributed by atoms with E-state index >= 15 is 0 Å². The van der Waals surface area contributed by atoms with Crippen LogP contribution in [0.3, 0.4) is 0 Å². The predicted molar refractivity (Wildman–Crippen MR) is 71.0 cm³/mol. The van der Waals surface area contributed by atoms with Gasteiger partial charge in [-0.1, -0.05) is 26.0 Å². The van der Waals surface area contributed by atoms with Crippen molar-refractivity contribution in [3.8, 4) is 0 Å². The smallest absolute Gasteiger partial charge is 0.0577 e. The van der Waals surface area contributed by atoms with Crippen molar-refractivity contribution in [3.63, 3.8) is 0 Å². The zero-order valence-electron chi connectivity index (χ0n) is 9.50. The van der Waals surface area contributed by atoms with Crippen LogP contribution in [0.25, 0.3) is 0 Å². The van der Waals surface area contributed by atoms with Gasteiger partial charge in [-0.15, -0.1) is 0 Å². The number of nitrogens with one attached hydrogen (secondary N) is 1. The van der Waals surface area contributed by atoms with Crippen molar-refractivity contribution in [1.29, 1.82) is 0 Å². The van der Waals surface area contributed by atoms with E-state index in [4.69, 9.17) is 0 Å². The lowest BCUT2D eigenvalue weighted by molar-refractivity contribution is 0.456. The molecule has 0 aliphatic carbocycles. The van der Waals surface area contributed by atoms with Gasteiger partial charge in [0, 0.05) is 22.3 Å². The molecule has 0 fully saturated rings. The number of fused-ring (bicyclic) bond motifs is 1. The Morgan fingerprint density at radius 2 is 2.25 bits per heavy atom. The van der Waals surface area contributed by atoms with Crippen molar-refractivity contribution in [2.24, 2.45) is 0 Å². The minimum atomic E-state index is -0.849. The van der Waals surface area contributed by atoms with E-state index in [1.807, 2.05) is 12.1 Å². The number of benzene rings is 1. The molecule has 1 aromatic rings. The number of rotatable bonds is 2. The number of halogens is 1. The standard InChI is InChI=1S/C12H16BrNOS/c1-8(2)14-11-6-7-16(15)12-9(11)4-3-5-10(12)13/h3-5,8,11,14H,6-7H2,1-2H3. The molecule has 1 N–H and O–H groups in total. The van der Waals surface area contributed by atoms with Gasteiger partial charge in [-0.2, -0.15) is 0 Å². The van der Waals surface area contributed by atoms with E-state index in [2.05, 4.69) is 41.2 Å². The second-order valence-corrected chi connectivity index (χ2v) is 6.73. The molecule has 88 valence electrons. The molecular weight excluding hydrogens is 286 g/mol. The molecule has 0 amide bonds. The predicted octanol–water partition coefficient (Wildman–Crippen LogP) is 3.00. The molecule has 1 heterocycles. The van der Waals surface area contributed by atoms with Gasteiger partial charge >= 0.3 is 0 Å². The van der Waals surface area contributed by atoms with Gasteiger partial charge < -0.3 is 5.32 Å². The zero-order chi connectivity index (χ0) is 11.7. The Hall–Kier alpha value is -0.190. The van der Waals surface area contributed by atoms with Crippen molar-refractivity contribution in [2.75, 3.05) is 5.75 Å². The Labute approximate surface area is 107 Å². The van der Waals surface area contributed by atoms with Crippen LogP contribution in [0.2, 0.25) is 0 Å². The summed E-state index contributed by atoms with van der Waals surface area (Å²) in [6, 6.07) is 6.85. The van der Waals surface area contributed by atoms with Gasteiger partial charge in [-0.05, 0) is 34.0 Å². The molecule has 16 heavy (non-hydrogen) atoms. The Bertz CT molecular complexity index is 419. The average Bonchev–Trinajstić information content (AvgIpc) is 2.22.